The molecule has 5 nitrogen and oxygen atoms in total. The van der Waals surface area contributed by atoms with E-state index in [1.165, 1.54) is 5.56 Å². The molecule has 0 radical (unpaired) electrons. The molecule has 0 atom stereocenters. The fourth-order valence-corrected chi connectivity index (χ4v) is 9.14. The standard InChI is InChI=1S/C62H58N4O.Pt/c1-41-19-16-28-55-58(41)65(59-50(43-20-12-11-13-21-43)25-18-26-51(59)44-34-45(61(5,6)7)36-46(35-44)62(8,9)10)40-64(55)47-22-17-23-48(37-47)67-49-29-30-53-52-24-14-15-27-54(52)66(56(53)38-49)57-33-42(31-32-63-57)39-60(2,3)4;/h11-36H,39H2,1-10H3;/q-2;/i11D,12D,13D,20D,21D;. The molecule has 0 bridgehead atoms. The van der Waals surface area contributed by atoms with E-state index < -0.39 is 18.1 Å². The Morgan fingerprint density at radius 1 is 0.647 bits per heavy atom. The molecule has 3 aromatic heterocycles. The maximum atomic E-state index is 9.24. The number of para-hydroxylation sites is 3. The van der Waals surface area contributed by atoms with Crippen molar-refractivity contribution in [3.8, 4) is 50.9 Å². The third kappa shape index (κ3) is 8.97. The van der Waals surface area contributed by atoms with E-state index in [-0.39, 0.29) is 55.0 Å². The van der Waals surface area contributed by atoms with Crippen molar-refractivity contribution in [2.45, 2.75) is 86.5 Å². The predicted molar refractivity (Wildman–Crippen MR) is 276 cm³/mol. The molecule has 0 spiro atoms. The summed E-state index contributed by atoms with van der Waals surface area (Å²) in [5.41, 5.74) is 11.4. The molecule has 0 aliphatic rings. The third-order valence-corrected chi connectivity index (χ3v) is 12.4. The van der Waals surface area contributed by atoms with Crippen molar-refractivity contribution in [2.24, 2.45) is 5.41 Å². The summed E-state index contributed by atoms with van der Waals surface area (Å²) in [6.07, 6.45) is 6.49. The second kappa shape index (κ2) is 17.8. The van der Waals surface area contributed by atoms with Gasteiger partial charge in [0.2, 0.25) is 0 Å². The molecule has 0 saturated carbocycles. The first-order valence-corrected chi connectivity index (χ1v) is 23.0. The van der Waals surface area contributed by atoms with Gasteiger partial charge in [0.05, 0.1) is 23.6 Å². The number of nitrogens with zero attached hydrogens (tertiary/aromatic N) is 4. The van der Waals surface area contributed by atoms with Crippen LogP contribution in [0, 0.1) is 30.8 Å². The first kappa shape index (κ1) is 40.5. The first-order chi connectivity index (χ1) is 34.1. The van der Waals surface area contributed by atoms with E-state index in [9.17, 15) is 2.74 Å². The Hall–Kier alpha value is -6.55. The van der Waals surface area contributed by atoms with E-state index in [1.54, 1.807) is 0 Å². The maximum absolute atomic E-state index is 9.24. The summed E-state index contributed by atoms with van der Waals surface area (Å²) in [5, 5.41) is 2.13. The van der Waals surface area contributed by atoms with Crippen LogP contribution in [0.4, 0.5) is 0 Å². The normalized spacial score (nSPS) is 13.2. The van der Waals surface area contributed by atoms with Crippen LogP contribution in [0.5, 0.6) is 11.5 Å². The summed E-state index contributed by atoms with van der Waals surface area (Å²) in [4.78, 5) is 4.86. The van der Waals surface area contributed by atoms with Crippen molar-refractivity contribution in [3.63, 3.8) is 0 Å². The van der Waals surface area contributed by atoms with E-state index in [1.807, 2.05) is 82.9 Å². The number of pyridine rings is 1. The smallest absolute Gasteiger partial charge is 0.268 e. The van der Waals surface area contributed by atoms with Gasteiger partial charge in [-0.2, -0.15) is 18.2 Å². The molecule has 6 heteroatoms. The van der Waals surface area contributed by atoms with Crippen molar-refractivity contribution in [1.29, 1.82) is 0 Å². The van der Waals surface area contributed by atoms with Crippen LogP contribution in [0.15, 0.2) is 158 Å². The van der Waals surface area contributed by atoms with E-state index >= 15 is 0 Å². The number of aryl methyl sites for hydroxylation is 1. The summed E-state index contributed by atoms with van der Waals surface area (Å²) < 4.78 is 57.2. The summed E-state index contributed by atoms with van der Waals surface area (Å²) >= 11 is 0. The minimum atomic E-state index is -0.443. The van der Waals surface area contributed by atoms with Gasteiger partial charge in [-0.1, -0.05) is 171 Å². The molecule has 0 unspecified atom stereocenters. The molecule has 3 heterocycles. The van der Waals surface area contributed by atoms with Crippen LogP contribution in [0.2, 0.25) is 0 Å². The van der Waals surface area contributed by atoms with Gasteiger partial charge < -0.3 is 13.9 Å². The number of ether oxygens (including phenoxy) is 1. The molecule has 0 saturated heterocycles. The molecule has 0 aliphatic carbocycles. The number of aromatic nitrogens is 4. The van der Waals surface area contributed by atoms with E-state index in [4.69, 9.17) is 13.8 Å². The second-order valence-electron chi connectivity index (χ2n) is 20.9. The largest absolute Gasteiger partial charge is 0.510 e. The summed E-state index contributed by atoms with van der Waals surface area (Å²) in [7, 11) is 0. The number of benzene rings is 7. The number of rotatable bonds is 8. The fourth-order valence-electron chi connectivity index (χ4n) is 9.14. The number of hydrogen-bond acceptors (Lipinski definition) is 2. The Balaban J connectivity index is 0.00000656. The Morgan fingerprint density at radius 3 is 2.03 bits per heavy atom. The summed E-state index contributed by atoms with van der Waals surface area (Å²) in [6.45, 7) is 22.0. The number of fused-ring (bicyclic) bond motifs is 4. The second-order valence-corrected chi connectivity index (χ2v) is 20.9. The number of hydrogen-bond donors (Lipinski definition) is 0. The molecule has 0 aliphatic heterocycles. The van der Waals surface area contributed by atoms with Gasteiger partial charge in [0.1, 0.15) is 5.82 Å². The van der Waals surface area contributed by atoms with Crippen molar-refractivity contribution < 1.29 is 37.2 Å². The Morgan fingerprint density at radius 2 is 1.31 bits per heavy atom. The van der Waals surface area contributed by atoms with Crippen LogP contribution in [0.25, 0.3) is 72.3 Å². The molecular weight excluding hydrogens is 1010 g/mol. The molecule has 10 rings (SSSR count). The van der Waals surface area contributed by atoms with Crippen LogP contribution >= 0.6 is 0 Å². The minimum Gasteiger partial charge on any atom is -0.510 e. The van der Waals surface area contributed by atoms with Crippen LogP contribution in [-0.2, 0) is 38.3 Å². The van der Waals surface area contributed by atoms with Crippen molar-refractivity contribution in [3.05, 3.63) is 198 Å². The minimum absolute atomic E-state index is 0. The Kier molecular flexibility index (Phi) is 10.6. The molecule has 0 fully saturated rings. The predicted octanol–water partition coefficient (Wildman–Crippen LogP) is 15.4. The molecule has 7 aromatic carbocycles. The van der Waals surface area contributed by atoms with Gasteiger partial charge in [-0.25, -0.2) is 4.98 Å². The van der Waals surface area contributed by atoms with Crippen LogP contribution in [-0.4, -0.2) is 14.1 Å². The first-order valence-electron chi connectivity index (χ1n) is 25.5. The van der Waals surface area contributed by atoms with Gasteiger partial charge in [0.25, 0.3) is 6.33 Å². The van der Waals surface area contributed by atoms with Gasteiger partial charge in [-0.05, 0) is 103 Å². The molecule has 68 heavy (non-hydrogen) atoms. The molecular formula is C62H58N4OPt-2. The third-order valence-electron chi connectivity index (χ3n) is 12.4. The van der Waals surface area contributed by atoms with Gasteiger partial charge in [-0.15, -0.1) is 29.7 Å². The average molecular weight is 1080 g/mol. The van der Waals surface area contributed by atoms with Gasteiger partial charge >= 0.3 is 0 Å². The van der Waals surface area contributed by atoms with Crippen molar-refractivity contribution in [1.82, 2.24) is 14.1 Å². The monoisotopic (exact) mass is 1070 g/mol. The molecule has 344 valence electrons. The Bertz CT molecular complexity index is 3740. The van der Waals surface area contributed by atoms with E-state index in [2.05, 4.69) is 146 Å². The van der Waals surface area contributed by atoms with E-state index in [0.29, 0.717) is 28.4 Å². The van der Waals surface area contributed by atoms with Gasteiger partial charge in [-0.3, -0.25) is 4.57 Å². The molecule has 0 amide bonds. The zero-order valence-electron chi connectivity index (χ0n) is 45.3. The zero-order chi connectivity index (χ0) is 51.2. The van der Waals surface area contributed by atoms with Crippen LogP contribution in [0.3, 0.4) is 0 Å². The topological polar surface area (TPSA) is 35.9 Å². The fraction of sp³-hybridized carbons (Fsp3) is 0.226. The van der Waals surface area contributed by atoms with Crippen LogP contribution < -0.4 is 9.30 Å². The summed E-state index contributed by atoms with van der Waals surface area (Å²) in [6, 6.07) is 46.3. The SMILES string of the molecule is [2H]c1c([2H])c([2H])c(-c2cccc(-c3cc(C(C)(C)C)cc(C(C)(C)C)c3)c2-[n+]2[c-]n(-c3[c-]c(Oc4[c-]c5c(cc4)c4ccccc4n5-c4cc(CC(C)(C)C)ccn4)ccc3)c3cccc(C)c32)c([2H])c1[2H].[Pt]. The average Bonchev–Trinajstić information content (AvgIpc) is 3.88. The number of imidazole rings is 1. The van der Waals surface area contributed by atoms with Crippen molar-refractivity contribution >= 4 is 32.8 Å². The zero-order valence-corrected chi connectivity index (χ0v) is 42.6. The van der Waals surface area contributed by atoms with Crippen molar-refractivity contribution in [2.75, 3.05) is 0 Å². The van der Waals surface area contributed by atoms with Gasteiger partial charge in [0, 0.05) is 44.3 Å². The molecule has 10 aromatic rings. The van der Waals surface area contributed by atoms with E-state index in [0.717, 1.165) is 72.9 Å². The quantitative estimate of drug-likeness (QED) is 0.112. The van der Waals surface area contributed by atoms with Crippen LogP contribution in [0.1, 0.15) is 91.4 Å². The Labute approximate surface area is 423 Å². The maximum Gasteiger partial charge on any atom is 0.268 e. The van der Waals surface area contributed by atoms with Gasteiger partial charge in [0.15, 0.2) is 0 Å². The summed E-state index contributed by atoms with van der Waals surface area (Å²) in [5.74, 6) is 1.80. The molecule has 0 N–H and O–H groups in total.